The van der Waals surface area contributed by atoms with Gasteiger partial charge in [-0.1, -0.05) is 0 Å². The molecule has 6 heteroatoms. The molecule has 0 unspecified atom stereocenters. The maximum absolute atomic E-state index is 13.1. The Morgan fingerprint density at radius 2 is 1.70 bits per heavy atom. The lowest BCUT2D eigenvalue weighted by Crippen LogP contribution is -2.46. The number of nitrogens with one attached hydrogen (secondary N) is 1. The normalized spacial score (nSPS) is 15.4. The van der Waals surface area contributed by atoms with Crippen molar-refractivity contribution in [2.24, 2.45) is 0 Å². The standard InChI is InChI=1S/C21H23FN4O/c1-14-11-18-19(12-15(14)2)24-21(27)20(23-18)13-25-7-9-26(10-8-25)17-5-3-16(22)4-6-17/h3-6,11-12H,7-10,13H2,1-2H3,(H,24,27). The highest BCUT2D eigenvalue weighted by Crippen LogP contribution is 2.18. The van der Waals surface area contributed by atoms with Crippen LogP contribution in [0.4, 0.5) is 10.1 Å². The molecule has 0 atom stereocenters. The molecular formula is C21H23FN4O. The summed E-state index contributed by atoms with van der Waals surface area (Å²) in [7, 11) is 0. The number of rotatable bonds is 3. The molecule has 3 aromatic rings. The summed E-state index contributed by atoms with van der Waals surface area (Å²) >= 11 is 0. The lowest BCUT2D eigenvalue weighted by molar-refractivity contribution is 0.246. The number of halogens is 1. The molecule has 0 radical (unpaired) electrons. The SMILES string of the molecule is Cc1cc2nc(CN3CCN(c4ccc(F)cc4)CC3)c(=O)[nH]c2cc1C. The van der Waals surface area contributed by atoms with Crippen LogP contribution in [0.5, 0.6) is 0 Å². The number of hydrogen-bond acceptors (Lipinski definition) is 4. The van der Waals surface area contributed by atoms with Gasteiger partial charge in [0.05, 0.1) is 11.0 Å². The number of aromatic amines is 1. The van der Waals surface area contributed by atoms with Gasteiger partial charge in [-0.15, -0.1) is 0 Å². The second-order valence-electron chi connectivity index (χ2n) is 7.21. The molecule has 27 heavy (non-hydrogen) atoms. The van der Waals surface area contributed by atoms with E-state index in [1.54, 1.807) is 0 Å². The number of piperazine rings is 1. The Hall–Kier alpha value is -2.73. The van der Waals surface area contributed by atoms with Crippen LogP contribution in [0.2, 0.25) is 0 Å². The van der Waals surface area contributed by atoms with Crippen molar-refractivity contribution in [1.29, 1.82) is 0 Å². The van der Waals surface area contributed by atoms with Crippen molar-refractivity contribution >= 4 is 16.7 Å². The maximum atomic E-state index is 13.1. The minimum absolute atomic E-state index is 0.119. The minimum atomic E-state index is -0.218. The zero-order chi connectivity index (χ0) is 19.0. The van der Waals surface area contributed by atoms with Crippen LogP contribution < -0.4 is 10.5 Å². The summed E-state index contributed by atoms with van der Waals surface area (Å²) in [5, 5.41) is 0. The summed E-state index contributed by atoms with van der Waals surface area (Å²) in [4.78, 5) is 24.5. The van der Waals surface area contributed by atoms with E-state index in [0.717, 1.165) is 48.5 Å². The number of hydrogen-bond donors (Lipinski definition) is 1. The summed E-state index contributed by atoms with van der Waals surface area (Å²) in [5.74, 6) is -0.218. The predicted octanol–water partition coefficient (Wildman–Crippen LogP) is 3.00. The fourth-order valence-corrected chi connectivity index (χ4v) is 3.52. The van der Waals surface area contributed by atoms with Crippen molar-refractivity contribution in [2.45, 2.75) is 20.4 Å². The van der Waals surface area contributed by atoms with Gasteiger partial charge in [0, 0.05) is 38.4 Å². The molecule has 2 aromatic carbocycles. The highest BCUT2D eigenvalue weighted by Gasteiger charge is 2.19. The molecule has 1 N–H and O–H groups in total. The van der Waals surface area contributed by atoms with Crippen LogP contribution in [0.1, 0.15) is 16.8 Å². The number of nitrogens with zero attached hydrogens (tertiary/aromatic N) is 3. The molecule has 0 saturated carbocycles. The highest BCUT2D eigenvalue weighted by molar-refractivity contribution is 5.76. The van der Waals surface area contributed by atoms with Gasteiger partial charge in [-0.3, -0.25) is 9.69 Å². The van der Waals surface area contributed by atoms with Crippen LogP contribution >= 0.6 is 0 Å². The second-order valence-corrected chi connectivity index (χ2v) is 7.21. The van der Waals surface area contributed by atoms with E-state index in [4.69, 9.17) is 0 Å². The molecule has 5 nitrogen and oxygen atoms in total. The van der Waals surface area contributed by atoms with Gasteiger partial charge in [0.2, 0.25) is 0 Å². The number of aromatic nitrogens is 2. The van der Waals surface area contributed by atoms with Crippen LogP contribution in [0.25, 0.3) is 11.0 Å². The third kappa shape index (κ3) is 3.71. The quantitative estimate of drug-likeness (QED) is 0.774. The summed E-state index contributed by atoms with van der Waals surface area (Å²) in [6.07, 6.45) is 0. The van der Waals surface area contributed by atoms with E-state index < -0.39 is 0 Å². The lowest BCUT2D eigenvalue weighted by atomic mass is 10.1. The van der Waals surface area contributed by atoms with E-state index in [-0.39, 0.29) is 11.4 Å². The van der Waals surface area contributed by atoms with Crippen molar-refractivity contribution in [3.63, 3.8) is 0 Å². The Morgan fingerprint density at radius 3 is 2.41 bits per heavy atom. The van der Waals surface area contributed by atoms with E-state index in [2.05, 4.69) is 26.7 Å². The molecule has 0 spiro atoms. The van der Waals surface area contributed by atoms with Gasteiger partial charge in [-0.2, -0.15) is 0 Å². The minimum Gasteiger partial charge on any atom is -0.369 e. The average molecular weight is 366 g/mol. The van der Waals surface area contributed by atoms with E-state index in [1.807, 2.05) is 31.2 Å². The fraction of sp³-hybridized carbons (Fsp3) is 0.333. The molecule has 0 amide bonds. The number of anilines is 1. The first-order chi connectivity index (χ1) is 13.0. The predicted molar refractivity (Wildman–Crippen MR) is 106 cm³/mol. The van der Waals surface area contributed by atoms with Gasteiger partial charge in [0.1, 0.15) is 11.5 Å². The topological polar surface area (TPSA) is 52.2 Å². The molecule has 1 aliphatic rings. The fourth-order valence-electron chi connectivity index (χ4n) is 3.52. The third-order valence-electron chi connectivity index (χ3n) is 5.32. The van der Waals surface area contributed by atoms with E-state index in [0.29, 0.717) is 12.2 Å². The van der Waals surface area contributed by atoms with Crippen LogP contribution in [-0.2, 0) is 6.54 Å². The van der Waals surface area contributed by atoms with E-state index in [1.165, 1.54) is 17.7 Å². The van der Waals surface area contributed by atoms with Gasteiger partial charge < -0.3 is 9.88 Å². The summed E-state index contributed by atoms with van der Waals surface area (Å²) in [6, 6.07) is 10.6. The van der Waals surface area contributed by atoms with Crippen molar-refractivity contribution < 1.29 is 4.39 Å². The molecule has 1 saturated heterocycles. The highest BCUT2D eigenvalue weighted by atomic mass is 19.1. The van der Waals surface area contributed by atoms with Gasteiger partial charge in [-0.05, 0) is 61.4 Å². The molecule has 1 fully saturated rings. The number of aryl methyl sites for hydroxylation is 2. The Labute approximate surface area is 157 Å². The monoisotopic (exact) mass is 366 g/mol. The molecule has 0 bridgehead atoms. The molecule has 2 heterocycles. The number of H-pyrrole nitrogens is 1. The first-order valence-corrected chi connectivity index (χ1v) is 9.22. The molecule has 1 aliphatic heterocycles. The smallest absolute Gasteiger partial charge is 0.271 e. The van der Waals surface area contributed by atoms with Crippen LogP contribution in [0.15, 0.2) is 41.2 Å². The maximum Gasteiger partial charge on any atom is 0.271 e. The van der Waals surface area contributed by atoms with Crippen LogP contribution in [0.3, 0.4) is 0 Å². The van der Waals surface area contributed by atoms with E-state index in [9.17, 15) is 9.18 Å². The average Bonchev–Trinajstić information content (AvgIpc) is 2.65. The van der Waals surface area contributed by atoms with E-state index >= 15 is 0 Å². The van der Waals surface area contributed by atoms with Crippen molar-refractivity contribution in [3.8, 4) is 0 Å². The summed E-state index contributed by atoms with van der Waals surface area (Å²) in [5.41, 5.74) is 5.40. The molecule has 140 valence electrons. The van der Waals surface area contributed by atoms with Gasteiger partial charge in [-0.25, -0.2) is 9.37 Å². The third-order valence-corrected chi connectivity index (χ3v) is 5.32. The number of fused-ring (bicyclic) bond motifs is 1. The molecule has 4 rings (SSSR count). The number of benzene rings is 2. The van der Waals surface area contributed by atoms with Gasteiger partial charge >= 0.3 is 0 Å². The largest absolute Gasteiger partial charge is 0.369 e. The summed E-state index contributed by atoms with van der Waals surface area (Å²) < 4.78 is 13.1. The zero-order valence-corrected chi connectivity index (χ0v) is 15.6. The Bertz CT molecular complexity index is 1020. The molecule has 0 aliphatic carbocycles. The first kappa shape index (κ1) is 17.7. The van der Waals surface area contributed by atoms with Crippen molar-refractivity contribution in [3.05, 3.63) is 69.4 Å². The van der Waals surface area contributed by atoms with Crippen LogP contribution in [0, 0.1) is 19.7 Å². The first-order valence-electron chi connectivity index (χ1n) is 9.22. The summed E-state index contributed by atoms with van der Waals surface area (Å²) in [6.45, 7) is 7.98. The second kappa shape index (κ2) is 7.12. The van der Waals surface area contributed by atoms with Gasteiger partial charge in [0.25, 0.3) is 5.56 Å². The Kier molecular flexibility index (Phi) is 4.66. The Morgan fingerprint density at radius 1 is 1.04 bits per heavy atom. The Balaban J connectivity index is 1.47. The van der Waals surface area contributed by atoms with Crippen LogP contribution in [-0.4, -0.2) is 41.0 Å². The molecule has 1 aromatic heterocycles. The van der Waals surface area contributed by atoms with Gasteiger partial charge in [0.15, 0.2) is 0 Å². The molecular weight excluding hydrogens is 343 g/mol. The van der Waals surface area contributed by atoms with Crippen molar-refractivity contribution in [2.75, 3.05) is 31.1 Å². The lowest BCUT2D eigenvalue weighted by Gasteiger charge is -2.35. The van der Waals surface area contributed by atoms with Crippen molar-refractivity contribution in [1.82, 2.24) is 14.9 Å². The zero-order valence-electron chi connectivity index (χ0n) is 15.6.